The SMILES string of the molecule is Cc1cc(F)cc(C(OC2CCN(C)CC2)c2nc3ccccc3s2)c1. The largest absolute Gasteiger partial charge is 0.363 e. The molecule has 3 nitrogen and oxygen atoms in total. The number of nitrogens with zero attached hydrogens (tertiary/aromatic N) is 2. The average Bonchev–Trinajstić information content (AvgIpc) is 3.04. The van der Waals surface area contributed by atoms with Gasteiger partial charge in [-0.1, -0.05) is 18.2 Å². The quantitative estimate of drug-likeness (QED) is 0.650. The van der Waals surface area contributed by atoms with Crippen LogP contribution in [0.3, 0.4) is 0 Å². The number of fused-ring (bicyclic) bond motifs is 1. The second kappa shape index (κ2) is 7.43. The van der Waals surface area contributed by atoms with Gasteiger partial charge < -0.3 is 9.64 Å². The highest BCUT2D eigenvalue weighted by Crippen LogP contribution is 2.35. The lowest BCUT2D eigenvalue weighted by molar-refractivity contribution is -0.0235. The summed E-state index contributed by atoms with van der Waals surface area (Å²) in [5.41, 5.74) is 2.72. The Morgan fingerprint density at radius 3 is 2.69 bits per heavy atom. The van der Waals surface area contributed by atoms with Gasteiger partial charge in [-0.2, -0.15) is 0 Å². The lowest BCUT2D eigenvalue weighted by atomic mass is 10.0. The van der Waals surface area contributed by atoms with Gasteiger partial charge in [-0.05, 0) is 62.2 Å². The minimum Gasteiger partial charge on any atom is -0.363 e. The van der Waals surface area contributed by atoms with Gasteiger partial charge in [0, 0.05) is 13.1 Å². The molecule has 3 aromatic rings. The van der Waals surface area contributed by atoms with Crippen molar-refractivity contribution in [3.63, 3.8) is 0 Å². The minimum absolute atomic E-state index is 0.173. The van der Waals surface area contributed by atoms with Crippen molar-refractivity contribution in [1.29, 1.82) is 0 Å². The van der Waals surface area contributed by atoms with Gasteiger partial charge in [0.15, 0.2) is 0 Å². The number of para-hydroxylation sites is 1. The van der Waals surface area contributed by atoms with Gasteiger partial charge in [-0.25, -0.2) is 9.37 Å². The Bertz CT molecular complexity index is 849. The third-order valence-corrected chi connectivity index (χ3v) is 5.98. The zero-order chi connectivity index (χ0) is 18.1. The summed E-state index contributed by atoms with van der Waals surface area (Å²) >= 11 is 1.63. The second-order valence-corrected chi connectivity index (χ2v) is 8.16. The van der Waals surface area contributed by atoms with Crippen molar-refractivity contribution < 1.29 is 9.13 Å². The highest BCUT2D eigenvalue weighted by molar-refractivity contribution is 7.18. The number of likely N-dealkylation sites (tertiary alicyclic amines) is 1. The highest BCUT2D eigenvalue weighted by Gasteiger charge is 2.26. The van der Waals surface area contributed by atoms with Crippen molar-refractivity contribution in [3.8, 4) is 0 Å². The summed E-state index contributed by atoms with van der Waals surface area (Å²) in [6.07, 6.45) is 1.83. The number of hydrogen-bond donors (Lipinski definition) is 0. The van der Waals surface area contributed by atoms with Crippen LogP contribution in [0.25, 0.3) is 10.2 Å². The molecule has 0 bridgehead atoms. The number of aryl methyl sites for hydroxylation is 1. The van der Waals surface area contributed by atoms with Crippen LogP contribution in [0.4, 0.5) is 4.39 Å². The summed E-state index contributed by atoms with van der Waals surface area (Å²) in [6, 6.07) is 13.2. The molecule has 1 unspecified atom stereocenters. The molecular weight excluding hydrogens is 347 g/mol. The molecule has 2 aromatic carbocycles. The number of piperidine rings is 1. The molecule has 1 fully saturated rings. The molecule has 0 radical (unpaired) electrons. The molecule has 0 spiro atoms. The van der Waals surface area contributed by atoms with Crippen LogP contribution in [0.2, 0.25) is 0 Å². The molecule has 5 heteroatoms. The number of hydrogen-bond acceptors (Lipinski definition) is 4. The summed E-state index contributed by atoms with van der Waals surface area (Å²) < 4.78 is 21.7. The third kappa shape index (κ3) is 3.80. The lowest BCUT2D eigenvalue weighted by Gasteiger charge is -2.31. The zero-order valence-electron chi connectivity index (χ0n) is 15.1. The van der Waals surface area contributed by atoms with Crippen molar-refractivity contribution in [1.82, 2.24) is 9.88 Å². The van der Waals surface area contributed by atoms with Crippen molar-refractivity contribution in [2.45, 2.75) is 32.0 Å². The Hall–Kier alpha value is -1.82. The van der Waals surface area contributed by atoms with E-state index in [1.54, 1.807) is 23.5 Å². The molecule has 26 heavy (non-hydrogen) atoms. The first-order valence-electron chi connectivity index (χ1n) is 9.05. The standard InChI is InChI=1S/C21H23FN2OS/c1-14-11-15(13-16(22)12-14)20(25-17-7-9-24(2)10-8-17)21-23-18-5-3-4-6-19(18)26-21/h3-6,11-13,17,20H,7-10H2,1-2H3. The van der Waals surface area contributed by atoms with E-state index in [1.807, 2.05) is 31.2 Å². The number of ether oxygens (including phenoxy) is 1. The molecule has 1 aromatic heterocycles. The smallest absolute Gasteiger partial charge is 0.135 e. The Kier molecular flexibility index (Phi) is 5.02. The van der Waals surface area contributed by atoms with E-state index in [0.717, 1.165) is 52.3 Å². The number of rotatable bonds is 4. The molecule has 0 amide bonds. The van der Waals surface area contributed by atoms with Crippen LogP contribution in [0.5, 0.6) is 0 Å². The van der Waals surface area contributed by atoms with E-state index in [9.17, 15) is 4.39 Å². The summed E-state index contributed by atoms with van der Waals surface area (Å²) in [5.74, 6) is -0.224. The summed E-state index contributed by atoms with van der Waals surface area (Å²) in [7, 11) is 2.14. The molecule has 0 N–H and O–H groups in total. The zero-order valence-corrected chi connectivity index (χ0v) is 15.9. The van der Waals surface area contributed by atoms with Crippen LogP contribution in [0.15, 0.2) is 42.5 Å². The molecule has 1 aliphatic heterocycles. The van der Waals surface area contributed by atoms with Crippen molar-refractivity contribution in [3.05, 3.63) is 64.4 Å². The van der Waals surface area contributed by atoms with E-state index < -0.39 is 0 Å². The molecule has 1 saturated heterocycles. The van der Waals surface area contributed by atoms with E-state index in [2.05, 4.69) is 18.0 Å². The Morgan fingerprint density at radius 2 is 1.96 bits per heavy atom. The molecule has 1 atom stereocenters. The first-order chi connectivity index (χ1) is 12.6. The molecule has 1 aliphatic rings. The van der Waals surface area contributed by atoms with E-state index in [1.165, 1.54) is 0 Å². The first-order valence-corrected chi connectivity index (χ1v) is 9.87. The van der Waals surface area contributed by atoms with Crippen LogP contribution in [0, 0.1) is 12.7 Å². The van der Waals surface area contributed by atoms with Gasteiger partial charge in [0.1, 0.15) is 16.9 Å². The maximum atomic E-state index is 14.1. The average molecular weight is 370 g/mol. The van der Waals surface area contributed by atoms with Crippen LogP contribution in [0.1, 0.15) is 35.1 Å². The number of halogens is 1. The summed E-state index contributed by atoms with van der Waals surface area (Å²) in [6.45, 7) is 3.97. The second-order valence-electron chi connectivity index (χ2n) is 7.10. The van der Waals surface area contributed by atoms with E-state index in [-0.39, 0.29) is 18.0 Å². The molecule has 2 heterocycles. The Morgan fingerprint density at radius 1 is 1.19 bits per heavy atom. The van der Waals surface area contributed by atoms with Crippen molar-refractivity contribution in [2.24, 2.45) is 0 Å². The maximum Gasteiger partial charge on any atom is 0.135 e. The lowest BCUT2D eigenvalue weighted by Crippen LogP contribution is -2.35. The summed E-state index contributed by atoms with van der Waals surface area (Å²) in [5, 5.41) is 0.898. The third-order valence-electron chi connectivity index (χ3n) is 4.90. The highest BCUT2D eigenvalue weighted by atomic mass is 32.1. The minimum atomic E-state index is -0.324. The van der Waals surface area contributed by atoms with Gasteiger partial charge >= 0.3 is 0 Å². The Balaban J connectivity index is 1.70. The molecule has 4 rings (SSSR count). The predicted octanol–water partition coefficient (Wildman–Crippen LogP) is 4.94. The van der Waals surface area contributed by atoms with Crippen LogP contribution in [-0.2, 0) is 4.74 Å². The fraction of sp³-hybridized carbons (Fsp3) is 0.381. The summed E-state index contributed by atoms with van der Waals surface area (Å²) in [4.78, 5) is 7.11. The Labute approximate surface area is 157 Å². The maximum absolute atomic E-state index is 14.1. The number of aromatic nitrogens is 1. The van der Waals surface area contributed by atoms with Gasteiger partial charge in [-0.15, -0.1) is 11.3 Å². The topological polar surface area (TPSA) is 25.4 Å². The normalized spacial score (nSPS) is 17.7. The van der Waals surface area contributed by atoms with Crippen molar-refractivity contribution >= 4 is 21.6 Å². The van der Waals surface area contributed by atoms with Crippen LogP contribution >= 0.6 is 11.3 Å². The van der Waals surface area contributed by atoms with E-state index in [4.69, 9.17) is 9.72 Å². The van der Waals surface area contributed by atoms with Gasteiger partial charge in [0.2, 0.25) is 0 Å². The van der Waals surface area contributed by atoms with Crippen molar-refractivity contribution in [2.75, 3.05) is 20.1 Å². The fourth-order valence-corrected chi connectivity index (χ4v) is 4.54. The molecular formula is C21H23FN2OS. The first kappa shape index (κ1) is 17.6. The molecule has 0 saturated carbocycles. The molecule has 0 aliphatic carbocycles. The monoisotopic (exact) mass is 370 g/mol. The van der Waals surface area contributed by atoms with Gasteiger partial charge in [0.25, 0.3) is 0 Å². The molecule has 136 valence electrons. The van der Waals surface area contributed by atoms with Crippen LogP contribution in [-0.4, -0.2) is 36.1 Å². The van der Waals surface area contributed by atoms with E-state index in [0.29, 0.717) is 0 Å². The van der Waals surface area contributed by atoms with E-state index >= 15 is 0 Å². The predicted molar refractivity (Wildman–Crippen MR) is 104 cm³/mol. The van der Waals surface area contributed by atoms with Crippen LogP contribution < -0.4 is 0 Å². The van der Waals surface area contributed by atoms with Gasteiger partial charge in [0.05, 0.1) is 16.3 Å². The fourth-order valence-electron chi connectivity index (χ4n) is 3.51. The number of thiazole rings is 1. The number of benzene rings is 2. The van der Waals surface area contributed by atoms with Gasteiger partial charge in [-0.3, -0.25) is 0 Å².